The molecule has 0 aliphatic carbocycles. The third-order valence-corrected chi connectivity index (χ3v) is 0.496. The molecule has 0 heterocycles. The first-order chi connectivity index (χ1) is 2.77. The van der Waals surface area contributed by atoms with Crippen molar-refractivity contribution in [2.75, 3.05) is 0 Å². The predicted molar refractivity (Wildman–Crippen MR) is 32.4 cm³/mol. The highest BCUT2D eigenvalue weighted by atomic mass is 13.6. The molecule has 0 unspecified atom stereocenters. The molecule has 0 aromatic heterocycles. The fraction of sp³-hybridized carbons (Fsp3) is 1.00. The van der Waals surface area contributed by atoms with Crippen molar-refractivity contribution in [1.29, 1.82) is 0 Å². The second-order valence-electron chi connectivity index (χ2n) is 1.63. The molecule has 6 heavy (non-hydrogen) atoms. The van der Waals surface area contributed by atoms with E-state index in [1.54, 1.807) is 7.06 Å². The van der Waals surface area contributed by atoms with Crippen molar-refractivity contribution in [2.45, 2.75) is 19.7 Å². The Morgan fingerprint density at radius 3 is 2.00 bits per heavy atom. The van der Waals surface area contributed by atoms with Crippen LogP contribution in [0.5, 0.6) is 0 Å². The van der Waals surface area contributed by atoms with Gasteiger partial charge in [0.25, 0.3) is 0 Å². The van der Waals surface area contributed by atoms with Crippen LogP contribution in [0, 0.1) is 0 Å². The van der Waals surface area contributed by atoms with Gasteiger partial charge >= 0.3 is 0 Å². The van der Waals surface area contributed by atoms with Gasteiger partial charge in [-0.15, -0.1) is 0 Å². The summed E-state index contributed by atoms with van der Waals surface area (Å²) in [6, 6.07) is 0. The molecule has 0 amide bonds. The predicted octanol–water partition coefficient (Wildman–Crippen LogP) is 0.222. The lowest BCUT2D eigenvalue weighted by atomic mass is 9.25. The van der Waals surface area contributed by atoms with Gasteiger partial charge in [-0.3, -0.25) is 0 Å². The van der Waals surface area contributed by atoms with E-state index in [-0.39, 0.29) is 0 Å². The second kappa shape index (κ2) is 3.39. The Bertz CT molecular complexity index is 27.2. The van der Waals surface area contributed by atoms with Crippen LogP contribution in [0.25, 0.3) is 0 Å². The average molecular weight is 75.5 g/mol. The van der Waals surface area contributed by atoms with Crippen LogP contribution in [0.1, 0.15) is 13.8 Å². The van der Waals surface area contributed by atoms with Crippen molar-refractivity contribution >= 4 is 22.0 Å². The van der Waals surface area contributed by atoms with E-state index in [0.717, 1.165) is 0 Å². The molecular formula is C3H7B3. The van der Waals surface area contributed by atoms with Gasteiger partial charge in [0.2, 0.25) is 0 Å². The molecule has 0 aliphatic rings. The summed E-state index contributed by atoms with van der Waals surface area (Å²) < 4.78 is 0. The largest absolute Gasteiger partial charge is 0.0838 e. The van der Waals surface area contributed by atoms with Gasteiger partial charge in [0, 0.05) is 14.8 Å². The highest BCUT2D eigenvalue weighted by Gasteiger charge is 1.88. The Kier molecular flexibility index (Phi) is 3.50. The molecule has 3 heteroatoms. The van der Waals surface area contributed by atoms with Crippen molar-refractivity contribution in [3.05, 3.63) is 0 Å². The molecule has 0 fully saturated rings. The molecule has 0 aromatic rings. The standard InChI is InChI=1S/C3H7B3/c1-3(2)5-6-4/h3H,1-2H3. The Balaban J connectivity index is 2.63. The van der Waals surface area contributed by atoms with E-state index in [4.69, 9.17) is 7.74 Å². The van der Waals surface area contributed by atoms with Gasteiger partial charge < -0.3 is 0 Å². The van der Waals surface area contributed by atoms with Crippen LogP contribution in [0.4, 0.5) is 0 Å². The number of hydrogen-bond acceptors (Lipinski definition) is 0. The number of rotatable bonds is 2. The quantitative estimate of drug-likeness (QED) is 0.412. The summed E-state index contributed by atoms with van der Waals surface area (Å²) in [5, 5.41) is 0. The van der Waals surface area contributed by atoms with E-state index in [0.29, 0.717) is 5.82 Å². The molecule has 0 rings (SSSR count). The second-order valence-corrected chi connectivity index (χ2v) is 1.63. The minimum Gasteiger partial charge on any atom is -0.0838 e. The van der Waals surface area contributed by atoms with Crippen LogP contribution in [0.2, 0.25) is 5.82 Å². The smallest absolute Gasteiger partial charge is 0.0580 e. The lowest BCUT2D eigenvalue weighted by molar-refractivity contribution is 1.07. The summed E-state index contributed by atoms with van der Waals surface area (Å²) in [5.41, 5.74) is 0. The van der Waals surface area contributed by atoms with Gasteiger partial charge in [-0.2, -0.15) is 0 Å². The lowest BCUT2D eigenvalue weighted by Gasteiger charge is -1.93. The molecular weight excluding hydrogens is 68.5 g/mol. The Morgan fingerprint density at radius 1 is 1.50 bits per heavy atom. The average Bonchev–Trinajstić information content (AvgIpc) is 1.35. The van der Waals surface area contributed by atoms with Gasteiger partial charge in [0.1, 0.15) is 0 Å². The minimum atomic E-state index is 0.593. The molecule has 28 valence electrons. The zero-order valence-electron chi connectivity index (χ0n) is 4.31. The molecule has 0 saturated carbocycles. The highest BCUT2D eigenvalue weighted by molar-refractivity contribution is 7.24. The molecule has 0 saturated heterocycles. The van der Waals surface area contributed by atoms with Gasteiger partial charge in [-0.25, -0.2) is 0 Å². The third kappa shape index (κ3) is 4.19. The Labute approximate surface area is 42.6 Å². The van der Waals surface area contributed by atoms with Gasteiger partial charge in [-0.1, -0.05) is 19.7 Å². The normalized spacial score (nSPS) is 8.50. The van der Waals surface area contributed by atoms with E-state index < -0.39 is 0 Å². The molecule has 0 aromatic carbocycles. The summed E-state index contributed by atoms with van der Waals surface area (Å²) >= 11 is 0. The topological polar surface area (TPSA) is 0 Å². The lowest BCUT2D eigenvalue weighted by Crippen LogP contribution is -2.05. The van der Waals surface area contributed by atoms with E-state index in [1.807, 2.05) is 7.17 Å². The Hall–Kier alpha value is 0.195. The SMILES string of the molecule is [B][B][B]C(C)C. The van der Waals surface area contributed by atoms with Gasteiger partial charge in [0.05, 0.1) is 7.17 Å². The van der Waals surface area contributed by atoms with Crippen LogP contribution >= 0.6 is 0 Å². The molecule has 4 radical (unpaired) electrons. The van der Waals surface area contributed by atoms with E-state index >= 15 is 0 Å². The molecule has 0 bridgehead atoms. The molecule has 0 nitrogen and oxygen atoms in total. The van der Waals surface area contributed by atoms with Crippen LogP contribution in [0.15, 0.2) is 0 Å². The first kappa shape index (κ1) is 6.19. The molecule has 0 spiro atoms. The van der Waals surface area contributed by atoms with Gasteiger partial charge in [0.15, 0.2) is 0 Å². The van der Waals surface area contributed by atoms with E-state index in [9.17, 15) is 0 Å². The zero-order chi connectivity index (χ0) is 4.99. The fourth-order valence-electron chi connectivity index (χ4n) is 0.222. The van der Waals surface area contributed by atoms with Crippen molar-refractivity contribution < 1.29 is 0 Å². The summed E-state index contributed by atoms with van der Waals surface area (Å²) in [6.07, 6.45) is 0. The first-order valence-corrected chi connectivity index (χ1v) is 2.15. The monoisotopic (exact) mass is 76.1 g/mol. The van der Waals surface area contributed by atoms with Crippen LogP contribution in [0.3, 0.4) is 0 Å². The Morgan fingerprint density at radius 2 is 2.00 bits per heavy atom. The van der Waals surface area contributed by atoms with E-state index in [1.165, 1.54) is 0 Å². The molecule has 0 N–H and O–H groups in total. The van der Waals surface area contributed by atoms with Crippen molar-refractivity contribution in [3.63, 3.8) is 0 Å². The summed E-state index contributed by atoms with van der Waals surface area (Å²) in [4.78, 5) is 0. The minimum absolute atomic E-state index is 0.593. The maximum absolute atomic E-state index is 5.05. The first-order valence-electron chi connectivity index (χ1n) is 2.15. The van der Waals surface area contributed by atoms with E-state index in [2.05, 4.69) is 13.8 Å². The van der Waals surface area contributed by atoms with Crippen LogP contribution in [-0.4, -0.2) is 22.0 Å². The highest BCUT2D eigenvalue weighted by Crippen LogP contribution is 1.92. The zero-order valence-corrected chi connectivity index (χ0v) is 4.31. The molecule has 0 atom stereocenters. The molecule has 0 aliphatic heterocycles. The fourth-order valence-corrected chi connectivity index (χ4v) is 0.222. The number of hydrogen-bond donors (Lipinski definition) is 0. The summed E-state index contributed by atoms with van der Waals surface area (Å²) in [5.74, 6) is 0.593. The van der Waals surface area contributed by atoms with Gasteiger partial charge in [-0.05, 0) is 0 Å². The van der Waals surface area contributed by atoms with Crippen LogP contribution < -0.4 is 0 Å². The summed E-state index contributed by atoms with van der Waals surface area (Å²) in [7, 11) is 8.57. The summed E-state index contributed by atoms with van der Waals surface area (Å²) in [6.45, 7) is 4.17. The van der Waals surface area contributed by atoms with Crippen LogP contribution in [-0.2, 0) is 0 Å². The maximum atomic E-state index is 5.05. The third-order valence-electron chi connectivity index (χ3n) is 0.496. The maximum Gasteiger partial charge on any atom is 0.0580 e. The van der Waals surface area contributed by atoms with Crippen molar-refractivity contribution in [1.82, 2.24) is 0 Å². The van der Waals surface area contributed by atoms with Crippen molar-refractivity contribution in [2.24, 2.45) is 0 Å². The van der Waals surface area contributed by atoms with Crippen molar-refractivity contribution in [3.8, 4) is 0 Å².